The normalized spacial score (nSPS) is 27.9. The van der Waals surface area contributed by atoms with Crippen LogP contribution in [-0.4, -0.2) is 82.6 Å². The topological polar surface area (TPSA) is 165 Å². The van der Waals surface area contributed by atoms with Crippen molar-refractivity contribution in [3.8, 4) is 18.1 Å². The van der Waals surface area contributed by atoms with Crippen molar-refractivity contribution in [3.05, 3.63) is 39.7 Å². The maximum Gasteiger partial charge on any atom is 0.255 e. The van der Waals surface area contributed by atoms with Crippen molar-refractivity contribution in [2.24, 2.45) is 17.6 Å². The molecule has 4 atom stereocenters. The van der Waals surface area contributed by atoms with E-state index in [1.807, 2.05) is 0 Å². The highest BCUT2D eigenvalue weighted by Gasteiger charge is 2.64. The Morgan fingerprint density at radius 3 is 2.34 bits per heavy atom. The molecule has 10 nitrogen and oxygen atoms in total. The van der Waals surface area contributed by atoms with Gasteiger partial charge < -0.3 is 31.1 Å². The molecule has 4 rings (SSSR count). The Morgan fingerprint density at radius 1 is 1.20 bits per heavy atom. The molecule has 1 aromatic rings. The zero-order valence-corrected chi connectivity index (χ0v) is 19.8. The molecule has 0 saturated heterocycles. The summed E-state index contributed by atoms with van der Waals surface area (Å²) in [6.45, 7) is 0. The molecule has 1 aromatic carbocycles. The Hall–Kier alpha value is -3.81. The number of phenols is 1. The average molecular weight is 482 g/mol. The molecule has 0 bridgehead atoms. The number of anilines is 1. The van der Waals surface area contributed by atoms with Gasteiger partial charge in [0.2, 0.25) is 5.78 Å². The smallest absolute Gasteiger partial charge is 0.255 e. The van der Waals surface area contributed by atoms with Gasteiger partial charge in [-0.25, -0.2) is 0 Å². The molecule has 3 aliphatic carbocycles. The van der Waals surface area contributed by atoms with E-state index in [-0.39, 0.29) is 35.3 Å². The predicted molar refractivity (Wildman–Crippen MR) is 127 cm³/mol. The molecule has 0 aromatic heterocycles. The van der Waals surface area contributed by atoms with Gasteiger partial charge >= 0.3 is 0 Å². The molecular weight excluding hydrogens is 454 g/mol. The van der Waals surface area contributed by atoms with Crippen LogP contribution in [0.4, 0.5) is 5.69 Å². The SMILES string of the molecule is C#Cc1cc(N(C)C)c2c(c1O)C(O)=C1C(=O)[C@@]3(O)C(O)=C(C(N)=O)C(=O)[C@H](N(C)C)[C@H]3C[C@H]1C2. The Balaban J connectivity index is 2.03. The number of hydrogen-bond donors (Lipinski definition) is 5. The molecule has 0 aliphatic heterocycles. The zero-order valence-electron chi connectivity index (χ0n) is 19.8. The lowest BCUT2D eigenvalue weighted by Gasteiger charge is -2.50. The summed E-state index contributed by atoms with van der Waals surface area (Å²) in [6, 6.07) is 0.478. The molecule has 0 heterocycles. The van der Waals surface area contributed by atoms with Crippen LogP contribution in [0.2, 0.25) is 0 Å². The number of likely N-dealkylation sites (N-methyl/N-ethyl adjacent to an activating group) is 1. The monoisotopic (exact) mass is 481 g/mol. The molecule has 1 amide bonds. The van der Waals surface area contributed by atoms with Gasteiger partial charge in [-0.1, -0.05) is 5.92 Å². The Morgan fingerprint density at radius 2 is 1.83 bits per heavy atom. The van der Waals surface area contributed by atoms with Gasteiger partial charge in [0.25, 0.3) is 5.91 Å². The van der Waals surface area contributed by atoms with Gasteiger partial charge in [-0.05, 0) is 44.5 Å². The molecule has 184 valence electrons. The second-order valence-corrected chi connectivity index (χ2v) is 9.65. The fourth-order valence-electron chi connectivity index (χ4n) is 5.80. The number of aliphatic hydroxyl groups is 3. The third kappa shape index (κ3) is 3.08. The van der Waals surface area contributed by atoms with Gasteiger partial charge in [0, 0.05) is 31.3 Å². The van der Waals surface area contributed by atoms with Crippen LogP contribution in [0.15, 0.2) is 23.0 Å². The van der Waals surface area contributed by atoms with Gasteiger partial charge in [0.1, 0.15) is 22.8 Å². The van der Waals surface area contributed by atoms with Gasteiger partial charge in [0.05, 0.1) is 17.2 Å². The predicted octanol–water partition coefficient (Wildman–Crippen LogP) is 0.0113. The summed E-state index contributed by atoms with van der Waals surface area (Å²) >= 11 is 0. The molecule has 35 heavy (non-hydrogen) atoms. The largest absolute Gasteiger partial charge is 0.508 e. The molecule has 1 fully saturated rings. The molecule has 0 radical (unpaired) electrons. The average Bonchev–Trinajstić information content (AvgIpc) is 2.75. The van der Waals surface area contributed by atoms with Crippen molar-refractivity contribution in [2.45, 2.75) is 24.5 Å². The van der Waals surface area contributed by atoms with Crippen molar-refractivity contribution < 1.29 is 34.8 Å². The van der Waals surface area contributed by atoms with E-state index in [0.29, 0.717) is 11.3 Å². The molecule has 1 saturated carbocycles. The Labute approximate surface area is 201 Å². The van der Waals surface area contributed by atoms with E-state index in [4.69, 9.17) is 12.2 Å². The third-order valence-corrected chi connectivity index (χ3v) is 7.33. The summed E-state index contributed by atoms with van der Waals surface area (Å²) < 4.78 is 0. The van der Waals surface area contributed by atoms with Gasteiger partial charge in [-0.2, -0.15) is 0 Å². The first kappa shape index (κ1) is 24.3. The van der Waals surface area contributed by atoms with Crippen molar-refractivity contribution in [1.82, 2.24) is 4.90 Å². The number of aliphatic hydroxyl groups excluding tert-OH is 2. The molecule has 10 heteroatoms. The first-order valence-corrected chi connectivity index (χ1v) is 11.0. The first-order valence-electron chi connectivity index (χ1n) is 11.0. The minimum atomic E-state index is -2.67. The summed E-state index contributed by atoms with van der Waals surface area (Å²) in [6.07, 6.45) is 5.75. The lowest BCUT2D eigenvalue weighted by atomic mass is 9.57. The van der Waals surface area contributed by atoms with Gasteiger partial charge in [0.15, 0.2) is 11.4 Å². The summed E-state index contributed by atoms with van der Waals surface area (Å²) in [5, 5.41) is 44.5. The number of phenolic OH excluding ortho intramolecular Hbond substituents is 1. The quantitative estimate of drug-likeness (QED) is 0.295. The number of nitrogens with two attached hydrogens (primary N) is 1. The number of amides is 1. The summed E-state index contributed by atoms with van der Waals surface area (Å²) in [7, 11) is 6.64. The molecular formula is C25H27N3O7. The number of benzene rings is 1. The molecule has 6 N–H and O–H groups in total. The lowest BCUT2D eigenvalue weighted by molar-refractivity contribution is -0.153. The number of Topliss-reactive ketones (excluding diaryl/α,β-unsaturated/α-hetero) is 2. The number of terminal acetylenes is 1. The zero-order chi connectivity index (χ0) is 26.1. The minimum Gasteiger partial charge on any atom is -0.508 e. The Bertz CT molecular complexity index is 1300. The number of carbonyl (C=O) groups is 3. The van der Waals surface area contributed by atoms with E-state index in [0.717, 1.165) is 0 Å². The highest BCUT2D eigenvalue weighted by molar-refractivity contribution is 6.24. The van der Waals surface area contributed by atoms with E-state index in [1.54, 1.807) is 39.2 Å². The van der Waals surface area contributed by atoms with Crippen LogP contribution < -0.4 is 10.6 Å². The van der Waals surface area contributed by atoms with Gasteiger partial charge in [-0.15, -0.1) is 6.42 Å². The number of aromatic hydroxyl groups is 1. The number of fused-ring (bicyclic) bond motifs is 3. The van der Waals surface area contributed by atoms with Crippen molar-refractivity contribution in [1.29, 1.82) is 0 Å². The first-order chi connectivity index (χ1) is 16.3. The standard InChI is InChI=1S/C25H27N3O7/c1-6-10-9-14(27(2)3)12-7-11-8-13-18(28(4)5)21(31)17(24(26)34)23(33)25(13,35)22(32)15(11)20(30)16(12)19(10)29/h1,9,11,13,18,29-30,33,35H,7-8H2,2-5H3,(H2,26,34)/t11-,13-,18-,25-/m1/s1. The molecule has 0 unspecified atom stereocenters. The van der Waals surface area contributed by atoms with Crippen LogP contribution in [-0.2, 0) is 20.8 Å². The van der Waals surface area contributed by atoms with E-state index < -0.39 is 58.0 Å². The third-order valence-electron chi connectivity index (χ3n) is 7.33. The van der Waals surface area contributed by atoms with Crippen LogP contribution in [0, 0.1) is 24.2 Å². The van der Waals surface area contributed by atoms with E-state index in [2.05, 4.69) is 5.92 Å². The van der Waals surface area contributed by atoms with Crippen LogP contribution in [0.3, 0.4) is 0 Å². The second-order valence-electron chi connectivity index (χ2n) is 9.65. The maximum atomic E-state index is 13.8. The molecule has 0 spiro atoms. The fourth-order valence-corrected chi connectivity index (χ4v) is 5.80. The number of nitrogens with zero attached hydrogens (tertiary/aromatic N) is 2. The number of hydrogen-bond acceptors (Lipinski definition) is 9. The maximum absolute atomic E-state index is 13.8. The lowest BCUT2D eigenvalue weighted by Crippen LogP contribution is -2.65. The number of ketones is 2. The number of rotatable bonds is 3. The Kier molecular flexibility index (Phi) is 5.46. The second kappa shape index (κ2) is 7.86. The van der Waals surface area contributed by atoms with Crippen molar-refractivity contribution in [2.75, 3.05) is 33.1 Å². The van der Waals surface area contributed by atoms with Gasteiger partial charge in [-0.3, -0.25) is 19.3 Å². The van der Waals surface area contributed by atoms with E-state index in [1.165, 1.54) is 4.90 Å². The highest BCUT2D eigenvalue weighted by Crippen LogP contribution is 2.54. The summed E-state index contributed by atoms with van der Waals surface area (Å²) in [5.41, 5.74) is 2.84. The summed E-state index contributed by atoms with van der Waals surface area (Å²) in [4.78, 5) is 42.1. The minimum absolute atomic E-state index is 0.0241. The number of primary amides is 1. The molecule has 3 aliphatic rings. The van der Waals surface area contributed by atoms with Crippen molar-refractivity contribution in [3.63, 3.8) is 0 Å². The fraction of sp³-hybridized carbons (Fsp3) is 0.400. The van der Waals surface area contributed by atoms with E-state index >= 15 is 0 Å². The van der Waals surface area contributed by atoms with Crippen LogP contribution in [0.5, 0.6) is 5.75 Å². The van der Waals surface area contributed by atoms with Crippen molar-refractivity contribution >= 4 is 28.9 Å². The number of carbonyl (C=O) groups excluding carboxylic acids is 3. The summed E-state index contributed by atoms with van der Waals surface area (Å²) in [5.74, 6) is -4.62. The van der Waals surface area contributed by atoms with Crippen LogP contribution in [0.25, 0.3) is 5.76 Å². The van der Waals surface area contributed by atoms with Crippen LogP contribution in [0.1, 0.15) is 23.1 Å². The highest BCUT2D eigenvalue weighted by atomic mass is 16.3. The van der Waals surface area contributed by atoms with E-state index in [9.17, 15) is 34.8 Å². The van der Waals surface area contributed by atoms with Crippen LogP contribution >= 0.6 is 0 Å².